The highest BCUT2D eigenvalue weighted by molar-refractivity contribution is 6.01. The smallest absolute Gasteiger partial charge is 0.340 e. The molecule has 0 atom stereocenters. The molecular formula is C24H23N5O4. The van der Waals surface area contributed by atoms with E-state index in [9.17, 15) is 14.4 Å². The van der Waals surface area contributed by atoms with E-state index < -0.39 is 17.4 Å². The standard InChI is InChI=1S/C24H23N5O4/c1-3-16-9-11-17(12-10-16)20-13-21-23(31)28(25-15-29(21)27-20)14-22(30)26-19-8-6-5-7-18(19)24(32)33-4-2/h5-13,15H,3-4,14H2,1-2H3,(H,26,30). The minimum atomic E-state index is -0.538. The number of nitrogens with zero attached hydrogens (tertiary/aromatic N) is 4. The van der Waals surface area contributed by atoms with Gasteiger partial charge >= 0.3 is 5.97 Å². The molecule has 2 aromatic heterocycles. The van der Waals surface area contributed by atoms with Crippen LogP contribution in [-0.2, 0) is 22.5 Å². The molecule has 1 N–H and O–H groups in total. The van der Waals surface area contributed by atoms with Crippen molar-refractivity contribution in [2.24, 2.45) is 0 Å². The number of ether oxygens (including phenoxy) is 1. The highest BCUT2D eigenvalue weighted by atomic mass is 16.5. The van der Waals surface area contributed by atoms with Gasteiger partial charge in [0.15, 0.2) is 0 Å². The topological polar surface area (TPSA) is 108 Å². The molecule has 4 aromatic rings. The Morgan fingerprint density at radius 1 is 1.06 bits per heavy atom. The number of rotatable bonds is 7. The fourth-order valence-electron chi connectivity index (χ4n) is 3.41. The summed E-state index contributed by atoms with van der Waals surface area (Å²) in [6.07, 6.45) is 2.33. The predicted octanol–water partition coefficient (Wildman–Crippen LogP) is 2.94. The molecule has 0 fully saturated rings. The number of nitrogens with one attached hydrogen (secondary N) is 1. The van der Waals surface area contributed by atoms with Crippen molar-refractivity contribution < 1.29 is 14.3 Å². The minimum absolute atomic E-state index is 0.219. The van der Waals surface area contributed by atoms with E-state index in [1.54, 1.807) is 37.3 Å². The third kappa shape index (κ3) is 4.67. The number of aromatic nitrogens is 4. The molecular weight excluding hydrogens is 422 g/mol. The molecule has 4 rings (SSSR count). The molecule has 0 aliphatic heterocycles. The lowest BCUT2D eigenvalue weighted by Gasteiger charge is -2.10. The molecule has 2 aromatic carbocycles. The molecule has 2 heterocycles. The average Bonchev–Trinajstić information content (AvgIpc) is 3.27. The highest BCUT2D eigenvalue weighted by Crippen LogP contribution is 2.19. The zero-order valence-corrected chi connectivity index (χ0v) is 18.3. The number of anilines is 1. The first-order valence-electron chi connectivity index (χ1n) is 10.6. The van der Waals surface area contributed by atoms with E-state index in [1.807, 2.05) is 24.3 Å². The molecule has 0 aliphatic rings. The molecule has 33 heavy (non-hydrogen) atoms. The summed E-state index contributed by atoms with van der Waals surface area (Å²) in [4.78, 5) is 37.6. The predicted molar refractivity (Wildman–Crippen MR) is 123 cm³/mol. The third-order valence-corrected chi connectivity index (χ3v) is 5.14. The Hall–Kier alpha value is -4.27. The van der Waals surface area contributed by atoms with Crippen LogP contribution < -0.4 is 10.9 Å². The van der Waals surface area contributed by atoms with E-state index in [-0.39, 0.29) is 18.7 Å². The van der Waals surface area contributed by atoms with Gasteiger partial charge in [-0.3, -0.25) is 9.59 Å². The largest absolute Gasteiger partial charge is 0.462 e. The van der Waals surface area contributed by atoms with Crippen LogP contribution in [0.1, 0.15) is 29.8 Å². The van der Waals surface area contributed by atoms with Gasteiger partial charge in [0.25, 0.3) is 5.56 Å². The number of fused-ring (bicyclic) bond motifs is 1. The Kier molecular flexibility index (Phi) is 6.30. The number of para-hydroxylation sites is 1. The number of carbonyl (C=O) groups excluding carboxylic acids is 2. The van der Waals surface area contributed by atoms with Crippen molar-refractivity contribution in [3.8, 4) is 11.3 Å². The van der Waals surface area contributed by atoms with Crippen LogP contribution in [0.4, 0.5) is 5.69 Å². The van der Waals surface area contributed by atoms with Gasteiger partial charge in [0.1, 0.15) is 18.4 Å². The molecule has 0 saturated carbocycles. The quantitative estimate of drug-likeness (QED) is 0.438. The van der Waals surface area contributed by atoms with Crippen LogP contribution in [-0.4, -0.2) is 37.9 Å². The second kappa shape index (κ2) is 9.47. The number of carbonyl (C=O) groups is 2. The molecule has 0 spiro atoms. The third-order valence-electron chi connectivity index (χ3n) is 5.14. The summed E-state index contributed by atoms with van der Waals surface area (Å²) >= 11 is 0. The van der Waals surface area contributed by atoms with Crippen LogP contribution in [0.15, 0.2) is 65.7 Å². The van der Waals surface area contributed by atoms with Crippen molar-refractivity contribution in [1.82, 2.24) is 19.4 Å². The number of amides is 1. The lowest BCUT2D eigenvalue weighted by molar-refractivity contribution is -0.117. The Morgan fingerprint density at radius 2 is 1.82 bits per heavy atom. The van der Waals surface area contributed by atoms with Gasteiger partial charge in [-0.2, -0.15) is 10.2 Å². The first kappa shape index (κ1) is 21.9. The Morgan fingerprint density at radius 3 is 2.55 bits per heavy atom. The normalized spacial score (nSPS) is 10.8. The maximum Gasteiger partial charge on any atom is 0.340 e. The first-order chi connectivity index (χ1) is 16.0. The second-order valence-electron chi connectivity index (χ2n) is 7.32. The first-order valence-corrected chi connectivity index (χ1v) is 10.6. The van der Waals surface area contributed by atoms with Crippen LogP contribution in [0.3, 0.4) is 0 Å². The molecule has 0 saturated heterocycles. The van der Waals surface area contributed by atoms with Crippen molar-refractivity contribution in [2.45, 2.75) is 26.8 Å². The molecule has 9 heteroatoms. The van der Waals surface area contributed by atoms with E-state index in [0.717, 1.165) is 16.7 Å². The van der Waals surface area contributed by atoms with Gasteiger partial charge in [0, 0.05) is 5.56 Å². The van der Waals surface area contributed by atoms with Gasteiger partial charge in [-0.1, -0.05) is 43.3 Å². The lowest BCUT2D eigenvalue weighted by atomic mass is 10.1. The Bertz CT molecular complexity index is 1370. The molecule has 0 aliphatic carbocycles. The van der Waals surface area contributed by atoms with Crippen molar-refractivity contribution >= 4 is 23.1 Å². The summed E-state index contributed by atoms with van der Waals surface area (Å²) < 4.78 is 7.48. The van der Waals surface area contributed by atoms with Crippen LogP contribution in [0.25, 0.3) is 16.8 Å². The number of hydrogen-bond acceptors (Lipinski definition) is 6. The molecule has 0 bridgehead atoms. The van der Waals surface area contributed by atoms with E-state index in [0.29, 0.717) is 16.9 Å². The zero-order chi connectivity index (χ0) is 23.4. The van der Waals surface area contributed by atoms with Gasteiger partial charge < -0.3 is 10.1 Å². The average molecular weight is 445 g/mol. The van der Waals surface area contributed by atoms with E-state index in [1.165, 1.54) is 16.4 Å². The van der Waals surface area contributed by atoms with Gasteiger partial charge in [-0.05, 0) is 37.1 Å². The number of hydrogen-bond donors (Lipinski definition) is 1. The highest BCUT2D eigenvalue weighted by Gasteiger charge is 2.16. The SMILES string of the molecule is CCOC(=O)c1ccccc1NC(=O)Cn1ncn2nc(-c3ccc(CC)cc3)cc2c1=O. The Balaban J connectivity index is 1.56. The van der Waals surface area contributed by atoms with Crippen LogP contribution in [0, 0.1) is 0 Å². The molecule has 0 radical (unpaired) electrons. The number of aryl methyl sites for hydroxylation is 1. The van der Waals surface area contributed by atoms with Crippen molar-refractivity contribution in [3.05, 3.63) is 82.4 Å². The second-order valence-corrected chi connectivity index (χ2v) is 7.32. The minimum Gasteiger partial charge on any atom is -0.462 e. The lowest BCUT2D eigenvalue weighted by Crippen LogP contribution is -2.31. The molecule has 1 amide bonds. The number of esters is 1. The summed E-state index contributed by atoms with van der Waals surface area (Å²) in [5.74, 6) is -1.04. The fourth-order valence-corrected chi connectivity index (χ4v) is 3.41. The Labute approximate surface area is 189 Å². The van der Waals surface area contributed by atoms with Crippen LogP contribution >= 0.6 is 0 Å². The van der Waals surface area contributed by atoms with E-state index in [2.05, 4.69) is 22.4 Å². The monoisotopic (exact) mass is 445 g/mol. The molecule has 0 unspecified atom stereocenters. The molecule has 168 valence electrons. The van der Waals surface area contributed by atoms with Crippen molar-refractivity contribution in [2.75, 3.05) is 11.9 Å². The van der Waals surface area contributed by atoms with E-state index in [4.69, 9.17) is 4.74 Å². The summed E-state index contributed by atoms with van der Waals surface area (Å²) in [6.45, 7) is 3.68. The summed E-state index contributed by atoms with van der Waals surface area (Å²) in [6, 6.07) is 16.2. The van der Waals surface area contributed by atoms with Gasteiger partial charge in [0.2, 0.25) is 5.91 Å². The van der Waals surface area contributed by atoms with Gasteiger partial charge in [-0.15, -0.1) is 0 Å². The van der Waals surface area contributed by atoms with Crippen molar-refractivity contribution in [3.63, 3.8) is 0 Å². The van der Waals surface area contributed by atoms with Crippen LogP contribution in [0.5, 0.6) is 0 Å². The van der Waals surface area contributed by atoms with Crippen LogP contribution in [0.2, 0.25) is 0 Å². The number of benzene rings is 2. The zero-order valence-electron chi connectivity index (χ0n) is 18.3. The summed E-state index contributed by atoms with van der Waals surface area (Å²) in [7, 11) is 0. The molecule has 9 nitrogen and oxygen atoms in total. The summed E-state index contributed by atoms with van der Waals surface area (Å²) in [5, 5.41) is 11.1. The van der Waals surface area contributed by atoms with Gasteiger partial charge in [-0.25, -0.2) is 14.0 Å². The van der Waals surface area contributed by atoms with Crippen molar-refractivity contribution in [1.29, 1.82) is 0 Å². The maximum absolute atomic E-state index is 12.9. The van der Waals surface area contributed by atoms with Gasteiger partial charge in [0.05, 0.1) is 23.6 Å². The fraction of sp³-hybridized carbons (Fsp3) is 0.208. The maximum atomic E-state index is 12.9. The van der Waals surface area contributed by atoms with E-state index >= 15 is 0 Å². The summed E-state index contributed by atoms with van der Waals surface area (Å²) in [5.41, 5.74) is 3.13.